The van der Waals surface area contributed by atoms with Crippen LogP contribution in [0.4, 0.5) is 4.39 Å². The molecule has 0 saturated heterocycles. The van der Waals surface area contributed by atoms with Gasteiger partial charge in [-0.1, -0.05) is 24.6 Å². The maximum absolute atomic E-state index is 13.1. The van der Waals surface area contributed by atoms with Crippen LogP contribution in [-0.2, 0) is 4.79 Å². The fourth-order valence-corrected chi connectivity index (χ4v) is 1.62. The number of amides is 1. The predicted octanol–water partition coefficient (Wildman–Crippen LogP) is 2.32. The Hall–Kier alpha value is -1.62. The van der Waals surface area contributed by atoms with Crippen LogP contribution >= 0.6 is 11.6 Å². The summed E-state index contributed by atoms with van der Waals surface area (Å²) in [5.74, 6) is -2.32. The first-order chi connectivity index (χ1) is 8.41. The Morgan fingerprint density at radius 3 is 2.78 bits per heavy atom. The smallest absolute Gasteiger partial charge is 0.303 e. The lowest BCUT2D eigenvalue weighted by Gasteiger charge is -2.11. The Balaban J connectivity index is 2.61. The average molecular weight is 274 g/mol. The molecule has 1 amide bonds. The third kappa shape index (κ3) is 4.00. The average Bonchev–Trinajstić information content (AvgIpc) is 2.29. The molecule has 1 rings (SSSR count). The van der Waals surface area contributed by atoms with Crippen LogP contribution in [0.25, 0.3) is 0 Å². The van der Waals surface area contributed by atoms with Gasteiger partial charge in [-0.15, -0.1) is 0 Å². The van der Waals surface area contributed by atoms with Crippen molar-refractivity contribution < 1.29 is 19.1 Å². The zero-order valence-corrected chi connectivity index (χ0v) is 10.5. The molecule has 1 atom stereocenters. The highest BCUT2D eigenvalue weighted by atomic mass is 35.5. The van der Waals surface area contributed by atoms with E-state index in [9.17, 15) is 14.0 Å². The molecule has 0 aliphatic heterocycles. The van der Waals surface area contributed by atoms with Gasteiger partial charge < -0.3 is 10.4 Å². The highest BCUT2D eigenvalue weighted by molar-refractivity contribution is 6.34. The molecular weight excluding hydrogens is 261 g/mol. The molecule has 18 heavy (non-hydrogen) atoms. The molecule has 0 saturated carbocycles. The van der Waals surface area contributed by atoms with Crippen molar-refractivity contribution in [3.63, 3.8) is 0 Å². The van der Waals surface area contributed by atoms with E-state index in [-0.39, 0.29) is 29.5 Å². The van der Waals surface area contributed by atoms with Crippen LogP contribution in [0.2, 0.25) is 5.02 Å². The standard InChI is InChI=1S/C12H13ClFNO3/c1-7(5-10(16)17)6-15-12(18)8-3-2-4-9(14)11(8)13/h2-4,7H,5-6H2,1H3,(H,15,18)(H,16,17). The van der Waals surface area contributed by atoms with E-state index in [4.69, 9.17) is 16.7 Å². The largest absolute Gasteiger partial charge is 0.481 e. The van der Waals surface area contributed by atoms with Crippen LogP contribution in [0.3, 0.4) is 0 Å². The number of hydrogen-bond acceptors (Lipinski definition) is 2. The Morgan fingerprint density at radius 2 is 2.17 bits per heavy atom. The molecule has 6 heteroatoms. The van der Waals surface area contributed by atoms with Crippen molar-refractivity contribution in [2.24, 2.45) is 5.92 Å². The number of carboxylic acids is 1. The van der Waals surface area contributed by atoms with Crippen LogP contribution in [0, 0.1) is 11.7 Å². The molecule has 0 bridgehead atoms. The number of hydrogen-bond donors (Lipinski definition) is 2. The van der Waals surface area contributed by atoms with Gasteiger partial charge in [0.05, 0.1) is 10.6 Å². The summed E-state index contributed by atoms with van der Waals surface area (Å²) in [5, 5.41) is 10.8. The number of halogens is 2. The molecule has 0 heterocycles. The maximum Gasteiger partial charge on any atom is 0.303 e. The lowest BCUT2D eigenvalue weighted by atomic mass is 10.1. The number of carbonyl (C=O) groups excluding carboxylic acids is 1. The second-order valence-electron chi connectivity index (χ2n) is 4.01. The van der Waals surface area contributed by atoms with Crippen molar-refractivity contribution in [1.29, 1.82) is 0 Å². The first-order valence-electron chi connectivity index (χ1n) is 5.35. The second kappa shape index (κ2) is 6.35. The van der Waals surface area contributed by atoms with Gasteiger partial charge >= 0.3 is 5.97 Å². The maximum atomic E-state index is 13.1. The Morgan fingerprint density at radius 1 is 1.50 bits per heavy atom. The summed E-state index contributed by atoms with van der Waals surface area (Å²) < 4.78 is 13.1. The molecule has 1 aromatic carbocycles. The van der Waals surface area contributed by atoms with E-state index in [1.54, 1.807) is 6.92 Å². The van der Waals surface area contributed by atoms with Crippen molar-refractivity contribution in [3.05, 3.63) is 34.6 Å². The van der Waals surface area contributed by atoms with Crippen LogP contribution in [0.1, 0.15) is 23.7 Å². The molecule has 0 radical (unpaired) electrons. The van der Waals surface area contributed by atoms with Gasteiger partial charge in [-0.25, -0.2) is 4.39 Å². The molecular formula is C12H13ClFNO3. The van der Waals surface area contributed by atoms with Gasteiger partial charge in [-0.2, -0.15) is 0 Å². The number of aliphatic carboxylic acids is 1. The number of rotatable bonds is 5. The molecule has 0 aliphatic rings. The Labute approximate surface area is 109 Å². The van der Waals surface area contributed by atoms with Gasteiger partial charge in [0.25, 0.3) is 5.91 Å². The highest BCUT2D eigenvalue weighted by Gasteiger charge is 2.14. The van der Waals surface area contributed by atoms with Crippen LogP contribution < -0.4 is 5.32 Å². The van der Waals surface area contributed by atoms with Crippen molar-refractivity contribution in [2.75, 3.05) is 6.54 Å². The lowest BCUT2D eigenvalue weighted by Crippen LogP contribution is -2.29. The summed E-state index contributed by atoms with van der Waals surface area (Å²) in [4.78, 5) is 22.1. The minimum atomic E-state index is -0.930. The highest BCUT2D eigenvalue weighted by Crippen LogP contribution is 2.19. The summed E-state index contributed by atoms with van der Waals surface area (Å²) >= 11 is 5.66. The van der Waals surface area contributed by atoms with E-state index in [1.807, 2.05) is 0 Å². The molecule has 0 fully saturated rings. The van der Waals surface area contributed by atoms with E-state index < -0.39 is 17.7 Å². The van der Waals surface area contributed by atoms with Gasteiger partial charge in [0.1, 0.15) is 5.82 Å². The van der Waals surface area contributed by atoms with Gasteiger partial charge in [-0.05, 0) is 18.1 Å². The summed E-state index contributed by atoms with van der Waals surface area (Å²) in [5.41, 5.74) is 0.0409. The quantitative estimate of drug-likeness (QED) is 0.865. The minimum Gasteiger partial charge on any atom is -0.481 e. The van der Waals surface area contributed by atoms with Crippen LogP contribution in [0.15, 0.2) is 18.2 Å². The zero-order valence-electron chi connectivity index (χ0n) is 9.74. The number of benzene rings is 1. The molecule has 1 unspecified atom stereocenters. The third-order valence-electron chi connectivity index (χ3n) is 2.33. The van der Waals surface area contributed by atoms with Gasteiger partial charge in [0.2, 0.25) is 0 Å². The first-order valence-corrected chi connectivity index (χ1v) is 5.73. The van der Waals surface area contributed by atoms with E-state index in [0.717, 1.165) is 6.07 Å². The monoisotopic (exact) mass is 273 g/mol. The normalized spacial score (nSPS) is 11.9. The molecule has 2 N–H and O–H groups in total. The summed E-state index contributed by atoms with van der Waals surface area (Å²) in [6.45, 7) is 1.89. The molecule has 0 aromatic heterocycles. The van der Waals surface area contributed by atoms with Crippen LogP contribution in [0.5, 0.6) is 0 Å². The lowest BCUT2D eigenvalue weighted by molar-refractivity contribution is -0.137. The first kappa shape index (κ1) is 14.4. The molecule has 0 aliphatic carbocycles. The van der Waals surface area contributed by atoms with E-state index >= 15 is 0 Å². The fraction of sp³-hybridized carbons (Fsp3) is 0.333. The molecule has 0 spiro atoms. The number of nitrogens with one attached hydrogen (secondary N) is 1. The van der Waals surface area contributed by atoms with Gasteiger partial charge in [-0.3, -0.25) is 9.59 Å². The van der Waals surface area contributed by atoms with Gasteiger partial charge in [0, 0.05) is 13.0 Å². The van der Waals surface area contributed by atoms with E-state index in [2.05, 4.69) is 5.32 Å². The third-order valence-corrected chi connectivity index (χ3v) is 2.71. The van der Waals surface area contributed by atoms with E-state index in [1.165, 1.54) is 12.1 Å². The van der Waals surface area contributed by atoms with Crippen molar-refractivity contribution in [3.8, 4) is 0 Å². The molecule has 98 valence electrons. The second-order valence-corrected chi connectivity index (χ2v) is 4.39. The summed E-state index contributed by atoms with van der Waals surface area (Å²) in [7, 11) is 0. The minimum absolute atomic E-state index is 0.0409. The summed E-state index contributed by atoms with van der Waals surface area (Å²) in [6.07, 6.45) is -0.0445. The fourth-order valence-electron chi connectivity index (χ4n) is 1.41. The molecule has 1 aromatic rings. The van der Waals surface area contributed by atoms with Crippen LogP contribution in [-0.4, -0.2) is 23.5 Å². The van der Waals surface area contributed by atoms with E-state index in [0.29, 0.717) is 0 Å². The predicted molar refractivity (Wildman–Crippen MR) is 65.2 cm³/mol. The molecule has 4 nitrogen and oxygen atoms in total. The number of carboxylic acid groups (broad SMARTS) is 1. The summed E-state index contributed by atoms with van der Waals surface area (Å²) in [6, 6.07) is 3.95. The zero-order chi connectivity index (χ0) is 13.7. The Kier molecular flexibility index (Phi) is 5.09. The van der Waals surface area contributed by atoms with Gasteiger partial charge in [0.15, 0.2) is 0 Å². The Bertz CT molecular complexity index is 465. The van der Waals surface area contributed by atoms with Crippen molar-refractivity contribution in [2.45, 2.75) is 13.3 Å². The van der Waals surface area contributed by atoms with Crippen molar-refractivity contribution in [1.82, 2.24) is 5.32 Å². The SMILES string of the molecule is CC(CNC(=O)c1cccc(F)c1Cl)CC(=O)O. The number of carbonyl (C=O) groups is 2. The van der Waals surface area contributed by atoms with Crippen molar-refractivity contribution >= 4 is 23.5 Å². The topological polar surface area (TPSA) is 66.4 Å².